The van der Waals surface area contributed by atoms with Gasteiger partial charge in [-0.2, -0.15) is 13.2 Å². The Balaban J connectivity index is 0.00000363. The zero-order chi connectivity index (χ0) is 22.4. The van der Waals surface area contributed by atoms with Crippen molar-refractivity contribution in [3.8, 4) is 0 Å². The van der Waals surface area contributed by atoms with Gasteiger partial charge in [0.15, 0.2) is 5.96 Å². The topological polar surface area (TPSA) is 56.7 Å². The van der Waals surface area contributed by atoms with Crippen molar-refractivity contribution in [1.29, 1.82) is 0 Å². The summed E-state index contributed by atoms with van der Waals surface area (Å²) in [5.41, 5.74) is 2.23. The van der Waals surface area contributed by atoms with Gasteiger partial charge < -0.3 is 15.5 Å². The maximum Gasteiger partial charge on any atom is 0.416 e. The molecule has 0 aliphatic carbocycles. The second kappa shape index (κ2) is 11.5. The summed E-state index contributed by atoms with van der Waals surface area (Å²) in [5, 5.41) is 6.22. The third-order valence-electron chi connectivity index (χ3n) is 5.34. The molecule has 5 nitrogen and oxygen atoms in total. The summed E-state index contributed by atoms with van der Waals surface area (Å²) in [4.78, 5) is 18.4. The van der Waals surface area contributed by atoms with Crippen LogP contribution in [-0.2, 0) is 24.1 Å². The lowest BCUT2D eigenvalue weighted by molar-refractivity contribution is -0.137. The molecule has 1 aliphatic heterocycles. The van der Waals surface area contributed by atoms with Crippen LogP contribution in [0.15, 0.2) is 53.5 Å². The number of rotatable bonds is 6. The van der Waals surface area contributed by atoms with E-state index in [1.807, 2.05) is 29.2 Å². The minimum absolute atomic E-state index is 0. The van der Waals surface area contributed by atoms with E-state index in [1.54, 1.807) is 20.0 Å². The fourth-order valence-electron chi connectivity index (χ4n) is 3.58. The van der Waals surface area contributed by atoms with E-state index in [4.69, 9.17) is 0 Å². The van der Waals surface area contributed by atoms with Crippen LogP contribution in [0.4, 0.5) is 13.2 Å². The molecule has 1 aliphatic rings. The number of nitrogens with zero attached hydrogens (tertiary/aromatic N) is 2. The van der Waals surface area contributed by atoms with Gasteiger partial charge in [-0.3, -0.25) is 9.79 Å². The van der Waals surface area contributed by atoms with Crippen LogP contribution in [0, 0.1) is 0 Å². The van der Waals surface area contributed by atoms with Crippen LogP contribution < -0.4 is 10.6 Å². The van der Waals surface area contributed by atoms with Crippen molar-refractivity contribution in [3.63, 3.8) is 0 Å². The number of hydrogen-bond donors (Lipinski definition) is 2. The first-order chi connectivity index (χ1) is 14.8. The molecule has 0 aromatic heterocycles. The molecule has 0 saturated heterocycles. The lowest BCUT2D eigenvalue weighted by Crippen LogP contribution is -2.39. The molecule has 2 N–H and O–H groups in total. The highest BCUT2D eigenvalue weighted by Crippen LogP contribution is 2.30. The molecule has 0 fully saturated rings. The number of fused-ring (bicyclic) bond motifs is 1. The minimum atomic E-state index is -4.38. The molecule has 2 aromatic carbocycles. The van der Waals surface area contributed by atoms with Gasteiger partial charge in [0.05, 0.1) is 11.6 Å². The van der Waals surface area contributed by atoms with Crippen molar-refractivity contribution in [2.24, 2.45) is 4.99 Å². The molecular weight excluding hydrogens is 532 g/mol. The standard InChI is InChI=1S/C23H27F3N4O.HI/c1-16(17-9-5-10-20(13-17)23(24,25)26)29-22(27-2)28-12-6-11-21(31)30-14-18-7-3-4-8-19(18)15-30;/h3-5,7-10,13,16H,6,11-12,14-15H2,1-2H3,(H2,27,28,29);1H. The number of nitrogens with one attached hydrogen (secondary N) is 2. The average molecular weight is 560 g/mol. The fraction of sp³-hybridized carbons (Fsp3) is 0.391. The Hall–Kier alpha value is -2.30. The van der Waals surface area contributed by atoms with E-state index < -0.39 is 11.7 Å². The SMILES string of the molecule is CN=C(NCCCC(=O)N1Cc2ccccc2C1)NC(C)c1cccc(C(F)(F)F)c1.I. The third kappa shape index (κ3) is 6.85. The number of alkyl halides is 3. The minimum Gasteiger partial charge on any atom is -0.356 e. The van der Waals surface area contributed by atoms with Crippen LogP contribution in [0.3, 0.4) is 0 Å². The molecule has 32 heavy (non-hydrogen) atoms. The number of benzene rings is 2. The molecular formula is C23H28F3IN4O. The summed E-state index contributed by atoms with van der Waals surface area (Å²) in [7, 11) is 1.60. The number of carbonyl (C=O) groups excluding carboxylic acids is 1. The average Bonchev–Trinajstić information content (AvgIpc) is 3.19. The number of aliphatic imine (C=N–C) groups is 1. The second-order valence-corrected chi connectivity index (χ2v) is 7.61. The van der Waals surface area contributed by atoms with Crippen molar-refractivity contribution in [2.75, 3.05) is 13.6 Å². The second-order valence-electron chi connectivity index (χ2n) is 7.61. The fourth-order valence-corrected chi connectivity index (χ4v) is 3.58. The number of guanidine groups is 1. The van der Waals surface area contributed by atoms with Crippen LogP contribution >= 0.6 is 24.0 Å². The highest BCUT2D eigenvalue weighted by Gasteiger charge is 2.30. The van der Waals surface area contributed by atoms with Gasteiger partial charge in [-0.1, -0.05) is 36.4 Å². The maximum absolute atomic E-state index is 12.9. The van der Waals surface area contributed by atoms with E-state index in [9.17, 15) is 18.0 Å². The Kier molecular flexibility index (Phi) is 9.35. The van der Waals surface area contributed by atoms with E-state index in [0.717, 1.165) is 12.1 Å². The highest BCUT2D eigenvalue weighted by molar-refractivity contribution is 14.0. The third-order valence-corrected chi connectivity index (χ3v) is 5.34. The van der Waals surface area contributed by atoms with Gasteiger partial charge in [-0.05, 0) is 42.2 Å². The summed E-state index contributed by atoms with van der Waals surface area (Å²) in [5.74, 6) is 0.587. The zero-order valence-corrected chi connectivity index (χ0v) is 20.4. The molecule has 0 saturated carbocycles. The Morgan fingerprint density at radius 2 is 1.78 bits per heavy atom. The number of halogens is 4. The lowest BCUT2D eigenvalue weighted by Gasteiger charge is -2.20. The van der Waals surface area contributed by atoms with Crippen LogP contribution in [0.25, 0.3) is 0 Å². The van der Waals surface area contributed by atoms with E-state index in [2.05, 4.69) is 15.6 Å². The lowest BCUT2D eigenvalue weighted by atomic mass is 10.1. The quantitative estimate of drug-likeness (QED) is 0.230. The van der Waals surface area contributed by atoms with E-state index in [0.29, 0.717) is 44.0 Å². The molecule has 174 valence electrons. The number of amides is 1. The van der Waals surface area contributed by atoms with E-state index >= 15 is 0 Å². The van der Waals surface area contributed by atoms with Crippen molar-refractivity contribution in [1.82, 2.24) is 15.5 Å². The van der Waals surface area contributed by atoms with E-state index in [-0.39, 0.29) is 35.9 Å². The monoisotopic (exact) mass is 560 g/mol. The van der Waals surface area contributed by atoms with Gasteiger partial charge in [0.25, 0.3) is 0 Å². The molecule has 1 amide bonds. The van der Waals surface area contributed by atoms with Crippen LogP contribution in [-0.4, -0.2) is 30.4 Å². The number of carbonyl (C=O) groups is 1. The van der Waals surface area contributed by atoms with E-state index in [1.165, 1.54) is 17.2 Å². The Morgan fingerprint density at radius 1 is 1.12 bits per heavy atom. The Bertz CT molecular complexity index is 924. The summed E-state index contributed by atoms with van der Waals surface area (Å²) < 4.78 is 38.8. The summed E-state index contributed by atoms with van der Waals surface area (Å²) in [6.07, 6.45) is -3.33. The first-order valence-electron chi connectivity index (χ1n) is 10.3. The molecule has 0 spiro atoms. The van der Waals surface area contributed by atoms with Gasteiger partial charge in [0.2, 0.25) is 5.91 Å². The summed E-state index contributed by atoms with van der Waals surface area (Å²) in [6, 6.07) is 12.9. The number of hydrogen-bond acceptors (Lipinski definition) is 2. The molecule has 9 heteroatoms. The molecule has 0 radical (unpaired) electrons. The molecule has 0 bridgehead atoms. The van der Waals surface area contributed by atoms with Crippen LogP contribution in [0.1, 0.15) is 48.1 Å². The molecule has 1 atom stereocenters. The molecule has 3 rings (SSSR count). The largest absolute Gasteiger partial charge is 0.416 e. The highest BCUT2D eigenvalue weighted by atomic mass is 127. The summed E-state index contributed by atoms with van der Waals surface area (Å²) in [6.45, 7) is 3.61. The molecule has 1 heterocycles. The zero-order valence-electron chi connectivity index (χ0n) is 18.1. The molecule has 1 unspecified atom stereocenters. The first-order valence-corrected chi connectivity index (χ1v) is 10.3. The van der Waals surface area contributed by atoms with Crippen molar-refractivity contribution in [2.45, 2.75) is 45.1 Å². The summed E-state index contributed by atoms with van der Waals surface area (Å²) >= 11 is 0. The van der Waals surface area contributed by atoms with Gasteiger partial charge in [-0.25, -0.2) is 0 Å². The van der Waals surface area contributed by atoms with Crippen molar-refractivity contribution >= 4 is 35.8 Å². The van der Waals surface area contributed by atoms with Crippen molar-refractivity contribution < 1.29 is 18.0 Å². The first kappa shape index (κ1) is 26.0. The van der Waals surface area contributed by atoms with Crippen LogP contribution in [0.2, 0.25) is 0 Å². The molecule has 2 aromatic rings. The Labute approximate surface area is 203 Å². The predicted molar refractivity (Wildman–Crippen MR) is 130 cm³/mol. The predicted octanol–water partition coefficient (Wildman–Crippen LogP) is 4.87. The Morgan fingerprint density at radius 3 is 2.38 bits per heavy atom. The van der Waals surface area contributed by atoms with Gasteiger partial charge in [0, 0.05) is 33.1 Å². The van der Waals surface area contributed by atoms with Gasteiger partial charge in [-0.15, -0.1) is 24.0 Å². The van der Waals surface area contributed by atoms with Crippen LogP contribution in [0.5, 0.6) is 0 Å². The maximum atomic E-state index is 12.9. The van der Waals surface area contributed by atoms with Gasteiger partial charge in [0.1, 0.15) is 0 Å². The smallest absolute Gasteiger partial charge is 0.356 e. The normalized spacial score (nSPS) is 14.4. The van der Waals surface area contributed by atoms with Crippen molar-refractivity contribution in [3.05, 3.63) is 70.8 Å². The van der Waals surface area contributed by atoms with Gasteiger partial charge >= 0.3 is 6.18 Å².